The molecule has 270 valence electrons. The number of aromatic nitrogens is 1. The first kappa shape index (κ1) is 38.0. The van der Waals surface area contributed by atoms with Crippen molar-refractivity contribution in [2.45, 2.75) is 44.1 Å². The van der Waals surface area contributed by atoms with Crippen molar-refractivity contribution >= 4 is 35.1 Å². The van der Waals surface area contributed by atoms with E-state index < -0.39 is 29.9 Å². The van der Waals surface area contributed by atoms with Crippen LogP contribution in [0.2, 0.25) is 10.0 Å². The van der Waals surface area contributed by atoms with Crippen LogP contribution in [0.4, 0.5) is 4.39 Å². The maximum Gasteiger partial charge on any atom is 0.338 e. The number of H-pyrrole nitrogens is 1. The molecule has 7 rings (SSSR count). The van der Waals surface area contributed by atoms with Crippen LogP contribution >= 0.6 is 23.2 Å². The largest absolute Gasteiger partial charge is 0.870 e. The summed E-state index contributed by atoms with van der Waals surface area (Å²) in [6, 6.07) is 17.2. The van der Waals surface area contributed by atoms with Crippen LogP contribution in [0.1, 0.15) is 57.6 Å². The number of methoxy groups -OCH3 is 2. The quantitative estimate of drug-likeness (QED) is 0.155. The molecule has 3 atom stereocenters. The maximum atomic E-state index is 15.0. The number of esters is 2. The van der Waals surface area contributed by atoms with E-state index in [9.17, 15) is 9.59 Å². The highest BCUT2D eigenvalue weighted by molar-refractivity contribution is 6.35. The number of aromatic amines is 1. The molecule has 2 unspecified atom stereocenters. The Morgan fingerprint density at radius 3 is 2.35 bits per heavy atom. The SMILES string of the molecule is COc1ccc(C(Cc2c(Cl)c[nH+]cc2Cl)OC(=O)c2cccc(CNC(C(=O)O[C@H]3CN4CCC3CC4)c3ccccc3F)c2)cc1OC.[OH-]. The van der Waals surface area contributed by atoms with E-state index >= 15 is 4.39 Å². The Balaban J connectivity index is 0.00000504. The Hall–Kier alpha value is -4.26. The monoisotopic (exact) mass is 739 g/mol. The van der Waals surface area contributed by atoms with Crippen molar-refractivity contribution in [3.8, 4) is 11.5 Å². The van der Waals surface area contributed by atoms with Gasteiger partial charge in [-0.25, -0.2) is 19.0 Å². The Kier molecular flexibility index (Phi) is 12.9. The highest BCUT2D eigenvalue weighted by Crippen LogP contribution is 2.36. The number of hydrogen-bond acceptors (Lipinski definition) is 9. The van der Waals surface area contributed by atoms with Crippen molar-refractivity contribution in [1.29, 1.82) is 0 Å². The number of benzene rings is 3. The van der Waals surface area contributed by atoms with Gasteiger partial charge in [-0.1, -0.05) is 59.6 Å². The number of hydrogen-bond donors (Lipinski definition) is 1. The Morgan fingerprint density at radius 2 is 1.69 bits per heavy atom. The lowest BCUT2D eigenvalue weighted by Crippen LogP contribution is -2.52. The lowest BCUT2D eigenvalue weighted by atomic mass is 9.86. The molecular formula is C38H40Cl2FN3O7. The van der Waals surface area contributed by atoms with Crippen LogP contribution in [0.3, 0.4) is 0 Å². The first-order valence-electron chi connectivity index (χ1n) is 16.5. The van der Waals surface area contributed by atoms with Crippen LogP contribution < -0.4 is 19.8 Å². The molecule has 10 nitrogen and oxygen atoms in total. The van der Waals surface area contributed by atoms with Crippen molar-refractivity contribution in [3.05, 3.63) is 123 Å². The summed E-state index contributed by atoms with van der Waals surface area (Å²) in [7, 11) is 3.06. The van der Waals surface area contributed by atoms with Crippen molar-refractivity contribution in [1.82, 2.24) is 10.2 Å². The zero-order valence-corrected chi connectivity index (χ0v) is 29.8. The van der Waals surface area contributed by atoms with E-state index in [0.717, 1.165) is 25.9 Å². The Labute approximate surface area is 306 Å². The van der Waals surface area contributed by atoms with E-state index in [1.54, 1.807) is 67.0 Å². The van der Waals surface area contributed by atoms with Gasteiger partial charge in [-0.15, -0.1) is 0 Å². The number of carbonyl (C=O) groups excluding carboxylic acids is 2. The number of piperidine rings is 3. The van der Waals surface area contributed by atoms with Gasteiger partial charge >= 0.3 is 11.9 Å². The average molecular weight is 741 g/mol. The fourth-order valence-electron chi connectivity index (χ4n) is 6.65. The summed E-state index contributed by atoms with van der Waals surface area (Å²) in [5, 5.41) is 3.97. The number of pyridine rings is 1. The molecule has 1 aromatic heterocycles. The average Bonchev–Trinajstić information content (AvgIpc) is 3.13. The van der Waals surface area contributed by atoms with Crippen LogP contribution in [-0.2, 0) is 27.2 Å². The number of rotatable bonds is 13. The predicted octanol–water partition coefficient (Wildman–Crippen LogP) is 6.40. The van der Waals surface area contributed by atoms with Gasteiger partial charge in [-0.2, -0.15) is 0 Å². The normalized spacial score (nSPS) is 19.0. The second-order valence-corrected chi connectivity index (χ2v) is 13.3. The second kappa shape index (κ2) is 17.3. The summed E-state index contributed by atoms with van der Waals surface area (Å²) in [5.74, 6) is -0.330. The molecule has 0 spiro atoms. The molecule has 3 saturated heterocycles. The van der Waals surface area contributed by atoms with E-state index in [-0.39, 0.29) is 35.7 Å². The van der Waals surface area contributed by atoms with E-state index in [1.807, 2.05) is 6.07 Å². The molecule has 0 aliphatic carbocycles. The third kappa shape index (κ3) is 8.98. The van der Waals surface area contributed by atoms with Crippen molar-refractivity contribution < 1.29 is 43.4 Å². The first-order chi connectivity index (χ1) is 24.2. The minimum absolute atomic E-state index is 0. The van der Waals surface area contributed by atoms with E-state index in [4.69, 9.17) is 42.1 Å². The molecule has 13 heteroatoms. The minimum atomic E-state index is -1.05. The molecule has 2 bridgehead atoms. The highest BCUT2D eigenvalue weighted by Gasteiger charge is 2.38. The van der Waals surface area contributed by atoms with E-state index in [1.165, 1.54) is 20.3 Å². The van der Waals surface area contributed by atoms with Crippen LogP contribution in [0.25, 0.3) is 0 Å². The van der Waals surface area contributed by atoms with Gasteiger partial charge in [0.15, 0.2) is 23.9 Å². The van der Waals surface area contributed by atoms with Crippen LogP contribution in [0, 0.1) is 11.7 Å². The van der Waals surface area contributed by atoms with Gasteiger partial charge in [0.2, 0.25) is 0 Å². The van der Waals surface area contributed by atoms with E-state index in [2.05, 4.69) is 15.2 Å². The van der Waals surface area contributed by atoms with Crippen LogP contribution in [-0.4, -0.2) is 62.3 Å². The summed E-state index contributed by atoms with van der Waals surface area (Å²) in [6.45, 7) is 2.86. The molecule has 3 aromatic carbocycles. The molecule has 4 aromatic rings. The van der Waals surface area contributed by atoms with Gasteiger partial charge in [0.1, 0.15) is 34.1 Å². The summed E-state index contributed by atoms with van der Waals surface area (Å²) >= 11 is 13.0. The molecule has 4 heterocycles. The van der Waals surface area contributed by atoms with Gasteiger partial charge in [-0.05, 0) is 73.3 Å². The van der Waals surface area contributed by atoms with Crippen LogP contribution in [0.5, 0.6) is 11.5 Å². The number of nitrogens with zero attached hydrogens (tertiary/aromatic N) is 1. The molecule has 3 fully saturated rings. The number of halogens is 3. The summed E-state index contributed by atoms with van der Waals surface area (Å²) in [4.78, 5) is 32.5. The molecule has 3 N–H and O–H groups in total. The van der Waals surface area contributed by atoms with E-state index in [0.29, 0.717) is 50.7 Å². The fraction of sp³-hybridized carbons (Fsp3) is 0.342. The predicted molar refractivity (Wildman–Crippen MR) is 188 cm³/mol. The number of nitrogens with one attached hydrogen (secondary N) is 2. The molecule has 51 heavy (non-hydrogen) atoms. The topological polar surface area (TPSA) is 130 Å². The summed E-state index contributed by atoms with van der Waals surface area (Å²) < 4.78 is 38.0. The zero-order valence-electron chi connectivity index (χ0n) is 28.2. The minimum Gasteiger partial charge on any atom is -0.870 e. The van der Waals surface area contributed by atoms with Crippen molar-refractivity contribution in [2.75, 3.05) is 33.9 Å². The summed E-state index contributed by atoms with van der Waals surface area (Å²) in [5.41, 5.74) is 2.40. The fourth-order valence-corrected chi connectivity index (χ4v) is 7.19. The highest BCUT2D eigenvalue weighted by atomic mass is 35.5. The van der Waals surface area contributed by atoms with Gasteiger partial charge in [0.05, 0.1) is 19.8 Å². The lowest BCUT2D eigenvalue weighted by Gasteiger charge is -2.44. The van der Waals surface area contributed by atoms with Gasteiger partial charge in [-0.3, -0.25) is 10.2 Å². The van der Waals surface area contributed by atoms with Gasteiger partial charge in [0.25, 0.3) is 0 Å². The third-order valence-electron chi connectivity index (χ3n) is 9.40. The molecule has 0 saturated carbocycles. The smallest absolute Gasteiger partial charge is 0.338 e. The Bertz CT molecular complexity index is 1820. The molecular weight excluding hydrogens is 700 g/mol. The number of carbonyl (C=O) groups is 2. The van der Waals surface area contributed by atoms with Crippen LogP contribution in [0.15, 0.2) is 79.1 Å². The Morgan fingerprint density at radius 1 is 0.961 bits per heavy atom. The molecule has 0 radical (unpaired) electrons. The molecule has 0 amide bonds. The molecule has 3 aliphatic heterocycles. The van der Waals surface area contributed by atoms with Gasteiger partial charge in [0, 0.05) is 30.6 Å². The second-order valence-electron chi connectivity index (χ2n) is 12.5. The lowest BCUT2D eigenvalue weighted by molar-refractivity contribution is -0.377. The number of fused-ring (bicyclic) bond motifs is 3. The van der Waals surface area contributed by atoms with Crippen molar-refractivity contribution in [2.24, 2.45) is 5.92 Å². The number of ether oxygens (including phenoxy) is 4. The summed E-state index contributed by atoms with van der Waals surface area (Å²) in [6.07, 6.45) is 4.33. The zero-order chi connectivity index (χ0) is 35.2. The standard InChI is InChI=1S/C38H38Cl2FN3O6.H2O/c1-47-32-11-10-25(17-34(32)48-2)33(18-28-29(39)20-42-21-30(28)40)49-37(45)26-7-5-6-23(16-26)19-43-36(27-8-3-4-9-31(27)41)38(46)50-35-22-44-14-12-24(35)13-15-44;/h3-11,16-17,20-21,24,33,35-36,43H,12-15,18-19,22H2,1-2H3;1H2/t33?,35-,36?;/m0./s1. The molecule has 3 aliphatic rings. The van der Waals surface area contributed by atoms with Gasteiger partial charge < -0.3 is 24.4 Å². The maximum absolute atomic E-state index is 15.0. The first-order valence-corrected chi connectivity index (χ1v) is 17.3. The third-order valence-corrected chi connectivity index (χ3v) is 10.1. The van der Waals surface area contributed by atoms with Crippen molar-refractivity contribution in [3.63, 3.8) is 0 Å².